The number of amides is 3. The highest BCUT2D eigenvalue weighted by atomic mass is 127. The van der Waals surface area contributed by atoms with Crippen LogP contribution in [0, 0.1) is 13.8 Å². The molecule has 8 nitrogen and oxygen atoms in total. The lowest BCUT2D eigenvalue weighted by Gasteiger charge is -2.38. The maximum Gasteiger partial charge on any atom is 0.324 e. The summed E-state index contributed by atoms with van der Waals surface area (Å²) in [6.45, 7) is 11.6. The van der Waals surface area contributed by atoms with Crippen LogP contribution in [-0.2, 0) is 4.79 Å². The minimum absolute atomic E-state index is 0. The molecule has 2 aliphatic heterocycles. The van der Waals surface area contributed by atoms with Crippen molar-refractivity contribution in [2.45, 2.75) is 20.8 Å². The molecule has 1 aromatic rings. The molecule has 0 saturated carbocycles. The van der Waals surface area contributed by atoms with Gasteiger partial charge < -0.3 is 20.4 Å². The van der Waals surface area contributed by atoms with Gasteiger partial charge in [0.15, 0.2) is 5.96 Å². The van der Waals surface area contributed by atoms with Crippen molar-refractivity contribution in [1.29, 1.82) is 0 Å². The fraction of sp³-hybridized carbons (Fsp3) is 0.550. The number of guanidine groups is 1. The monoisotopic (exact) mass is 514 g/mol. The van der Waals surface area contributed by atoms with Gasteiger partial charge in [-0.05, 0) is 38.0 Å². The number of hydrogen-bond acceptors (Lipinski definition) is 4. The smallest absolute Gasteiger partial charge is 0.324 e. The number of carbonyl (C=O) groups excluding carboxylic acids is 2. The minimum Gasteiger partial charge on any atom is -0.368 e. The molecular formula is C20H31IN6O2. The van der Waals surface area contributed by atoms with E-state index in [2.05, 4.69) is 57.5 Å². The van der Waals surface area contributed by atoms with Crippen molar-refractivity contribution in [1.82, 2.24) is 20.4 Å². The fourth-order valence-corrected chi connectivity index (χ4v) is 3.60. The molecule has 0 aliphatic carbocycles. The molecule has 9 heteroatoms. The number of anilines is 1. The summed E-state index contributed by atoms with van der Waals surface area (Å²) in [5.41, 5.74) is 3.96. The van der Waals surface area contributed by atoms with E-state index in [0.29, 0.717) is 13.1 Å². The molecule has 0 unspecified atom stereocenters. The summed E-state index contributed by atoms with van der Waals surface area (Å²) in [6.07, 6.45) is 0. The third kappa shape index (κ3) is 5.52. The molecule has 3 rings (SSSR count). The quantitative estimate of drug-likeness (QED) is 0.270. The molecular weight excluding hydrogens is 483 g/mol. The van der Waals surface area contributed by atoms with E-state index in [1.807, 2.05) is 6.92 Å². The van der Waals surface area contributed by atoms with Gasteiger partial charge in [-0.15, -0.1) is 24.0 Å². The largest absolute Gasteiger partial charge is 0.368 e. The molecule has 0 bridgehead atoms. The van der Waals surface area contributed by atoms with Crippen molar-refractivity contribution in [3.63, 3.8) is 0 Å². The van der Waals surface area contributed by atoms with Gasteiger partial charge in [-0.2, -0.15) is 0 Å². The summed E-state index contributed by atoms with van der Waals surface area (Å²) >= 11 is 0. The van der Waals surface area contributed by atoms with Crippen LogP contribution in [0.3, 0.4) is 0 Å². The maximum absolute atomic E-state index is 11.7. The first-order valence-electron chi connectivity index (χ1n) is 9.94. The molecule has 0 radical (unpaired) electrons. The molecule has 2 aliphatic rings. The predicted octanol–water partition coefficient (Wildman–Crippen LogP) is 1.56. The van der Waals surface area contributed by atoms with Crippen LogP contribution in [0.1, 0.15) is 18.1 Å². The number of halogens is 1. The first kappa shape index (κ1) is 23.2. The summed E-state index contributed by atoms with van der Waals surface area (Å²) in [5, 5.41) is 5.86. The number of nitrogens with one attached hydrogen (secondary N) is 2. The Bertz CT molecular complexity index is 745. The van der Waals surface area contributed by atoms with Crippen LogP contribution in [0.15, 0.2) is 23.2 Å². The Labute approximate surface area is 189 Å². The highest BCUT2D eigenvalue weighted by Gasteiger charge is 2.28. The fourth-order valence-electron chi connectivity index (χ4n) is 3.60. The number of aliphatic imine (C=N–C) groups is 1. The molecule has 2 heterocycles. The van der Waals surface area contributed by atoms with Gasteiger partial charge >= 0.3 is 6.03 Å². The Morgan fingerprint density at radius 1 is 1.17 bits per heavy atom. The number of rotatable bonds is 5. The number of hydrogen-bond donors (Lipinski definition) is 2. The summed E-state index contributed by atoms with van der Waals surface area (Å²) in [7, 11) is 0. The van der Waals surface area contributed by atoms with E-state index in [1.165, 1.54) is 21.7 Å². The molecule has 3 amide bonds. The normalized spacial score (nSPS) is 17.3. The maximum atomic E-state index is 11.7. The molecule has 160 valence electrons. The zero-order chi connectivity index (χ0) is 20.1. The molecule has 2 saturated heterocycles. The van der Waals surface area contributed by atoms with Crippen LogP contribution in [0.4, 0.5) is 10.5 Å². The van der Waals surface area contributed by atoms with E-state index >= 15 is 0 Å². The van der Waals surface area contributed by atoms with Gasteiger partial charge in [0.25, 0.3) is 0 Å². The third-order valence-corrected chi connectivity index (χ3v) is 5.35. The number of carbonyl (C=O) groups is 2. The molecule has 0 aromatic heterocycles. The van der Waals surface area contributed by atoms with Crippen molar-refractivity contribution in [2.75, 3.05) is 57.3 Å². The van der Waals surface area contributed by atoms with Crippen LogP contribution in [0.5, 0.6) is 0 Å². The van der Waals surface area contributed by atoms with E-state index in [4.69, 9.17) is 0 Å². The summed E-state index contributed by atoms with van der Waals surface area (Å²) in [6, 6.07) is 6.13. The molecule has 29 heavy (non-hydrogen) atoms. The van der Waals surface area contributed by atoms with Crippen molar-refractivity contribution in [3.8, 4) is 0 Å². The Morgan fingerprint density at radius 3 is 2.52 bits per heavy atom. The zero-order valence-corrected chi connectivity index (χ0v) is 19.7. The number of imide groups is 1. The number of piperazine rings is 1. The first-order chi connectivity index (χ1) is 13.5. The van der Waals surface area contributed by atoms with Crippen molar-refractivity contribution in [2.24, 2.45) is 4.99 Å². The molecule has 0 atom stereocenters. The van der Waals surface area contributed by atoms with E-state index < -0.39 is 0 Å². The van der Waals surface area contributed by atoms with E-state index in [9.17, 15) is 9.59 Å². The van der Waals surface area contributed by atoms with Gasteiger partial charge in [-0.3, -0.25) is 14.7 Å². The lowest BCUT2D eigenvalue weighted by atomic mass is 10.1. The Balaban J connectivity index is 0.00000300. The highest BCUT2D eigenvalue weighted by molar-refractivity contribution is 14.0. The van der Waals surface area contributed by atoms with Crippen LogP contribution >= 0.6 is 24.0 Å². The van der Waals surface area contributed by atoms with Gasteiger partial charge in [0, 0.05) is 38.4 Å². The highest BCUT2D eigenvalue weighted by Crippen LogP contribution is 2.23. The summed E-state index contributed by atoms with van der Waals surface area (Å²) in [5.74, 6) is 0.655. The molecule has 1 aromatic carbocycles. The van der Waals surface area contributed by atoms with Crippen molar-refractivity contribution >= 4 is 47.6 Å². The predicted molar refractivity (Wildman–Crippen MR) is 126 cm³/mol. The average molecular weight is 514 g/mol. The first-order valence-corrected chi connectivity index (χ1v) is 9.94. The number of nitrogens with zero attached hydrogens (tertiary/aromatic N) is 4. The van der Waals surface area contributed by atoms with E-state index in [-0.39, 0.29) is 42.5 Å². The second-order valence-corrected chi connectivity index (χ2v) is 7.13. The van der Waals surface area contributed by atoms with E-state index in [0.717, 1.165) is 38.7 Å². The second kappa shape index (κ2) is 10.7. The lowest BCUT2D eigenvalue weighted by molar-refractivity contribution is -0.124. The zero-order valence-electron chi connectivity index (χ0n) is 17.4. The van der Waals surface area contributed by atoms with Crippen LogP contribution in [0.2, 0.25) is 0 Å². The number of benzene rings is 1. The third-order valence-electron chi connectivity index (χ3n) is 5.35. The molecule has 2 fully saturated rings. The lowest BCUT2D eigenvalue weighted by Crippen LogP contribution is -2.53. The minimum atomic E-state index is -0.327. The van der Waals surface area contributed by atoms with Crippen LogP contribution < -0.4 is 15.5 Å². The number of aryl methyl sites for hydroxylation is 1. The van der Waals surface area contributed by atoms with Gasteiger partial charge in [0.05, 0.1) is 19.6 Å². The average Bonchev–Trinajstić information content (AvgIpc) is 3.01. The standard InChI is InChI=1S/C20H30N6O2.HI/c1-4-21-19(22-8-9-26-18(27)14-23-20(26)28)25-12-10-24(11-13-25)17-7-5-6-15(2)16(17)3;/h5-7H,4,8-14H2,1-3H3,(H,21,22)(H,23,28);1H. The van der Waals surface area contributed by atoms with Gasteiger partial charge in [-0.1, -0.05) is 12.1 Å². The van der Waals surface area contributed by atoms with Gasteiger partial charge in [0.1, 0.15) is 0 Å². The summed E-state index contributed by atoms with van der Waals surface area (Å²) < 4.78 is 0. The molecule has 0 spiro atoms. The van der Waals surface area contributed by atoms with Crippen LogP contribution in [-0.4, -0.2) is 80.1 Å². The topological polar surface area (TPSA) is 80.3 Å². The van der Waals surface area contributed by atoms with Crippen molar-refractivity contribution in [3.05, 3.63) is 29.3 Å². The van der Waals surface area contributed by atoms with Gasteiger partial charge in [-0.25, -0.2) is 4.79 Å². The Morgan fingerprint density at radius 2 is 1.90 bits per heavy atom. The SMILES string of the molecule is CCNC(=NCCN1C(=O)CNC1=O)N1CCN(c2cccc(C)c2C)CC1.I. The summed E-state index contributed by atoms with van der Waals surface area (Å²) in [4.78, 5) is 33.8. The Kier molecular flexibility index (Phi) is 8.54. The van der Waals surface area contributed by atoms with Crippen LogP contribution in [0.25, 0.3) is 0 Å². The van der Waals surface area contributed by atoms with Gasteiger partial charge in [0.2, 0.25) is 5.91 Å². The molecule has 2 N–H and O–H groups in total. The van der Waals surface area contributed by atoms with E-state index in [1.54, 1.807) is 0 Å². The number of urea groups is 1. The second-order valence-electron chi connectivity index (χ2n) is 7.13. The van der Waals surface area contributed by atoms with Crippen molar-refractivity contribution < 1.29 is 9.59 Å². The Hall–Kier alpha value is -2.04.